The number of likely N-dealkylation sites (tertiary alicyclic amines) is 1. The molecular weight excluding hydrogens is 382 g/mol. The number of nitrogens with zero attached hydrogens (tertiary/aromatic N) is 2. The average Bonchev–Trinajstić information content (AvgIpc) is 2.76. The molecule has 0 N–H and O–H groups in total. The molecule has 1 amide bonds. The van der Waals surface area contributed by atoms with Crippen molar-refractivity contribution in [3.63, 3.8) is 0 Å². The number of alkyl halides is 1. The number of rotatable bonds is 6. The van der Waals surface area contributed by atoms with E-state index in [1.807, 2.05) is 0 Å². The SMILES string of the molecule is [2H]C([2H])(C)c1ccc(C([2H])([2H])CC([2H])([2H])C2(F)CC([2H])([2H])N(C(=O)c3ccc(F)c(Cl)c3)CC2([2H])[2H])nc1. The average molecular weight is 417 g/mol. The largest absolute Gasteiger partial charge is 0.338 e. The number of aryl methyl sites for hydroxylation is 2. The van der Waals surface area contributed by atoms with E-state index in [0.29, 0.717) is 4.90 Å². The highest BCUT2D eigenvalue weighted by Gasteiger charge is 2.35. The first-order chi connectivity index (χ1) is 17.0. The number of carbonyl (C=O) groups excluding carboxylic acids is 1. The van der Waals surface area contributed by atoms with Crippen LogP contribution < -0.4 is 0 Å². The summed E-state index contributed by atoms with van der Waals surface area (Å²) >= 11 is 5.69. The van der Waals surface area contributed by atoms with Gasteiger partial charge in [0.05, 0.1) is 5.02 Å². The van der Waals surface area contributed by atoms with Crippen LogP contribution in [0, 0.1) is 5.82 Å². The van der Waals surface area contributed by atoms with Crippen LogP contribution >= 0.6 is 11.6 Å². The van der Waals surface area contributed by atoms with Gasteiger partial charge in [-0.2, -0.15) is 0 Å². The number of hydrogen-bond donors (Lipinski definition) is 0. The molecule has 1 atom stereocenters. The molecule has 1 aliphatic heterocycles. The van der Waals surface area contributed by atoms with E-state index < -0.39 is 73.8 Å². The van der Waals surface area contributed by atoms with Crippen molar-refractivity contribution in [1.82, 2.24) is 9.88 Å². The molecule has 2 heterocycles. The summed E-state index contributed by atoms with van der Waals surface area (Å²) in [7, 11) is 0. The van der Waals surface area contributed by atoms with Crippen LogP contribution in [0.3, 0.4) is 0 Å². The Kier molecular flexibility index (Phi) is 3.61. The molecule has 2 aromatic rings. The molecule has 0 radical (unpaired) electrons. The van der Waals surface area contributed by atoms with E-state index in [9.17, 15) is 9.18 Å². The van der Waals surface area contributed by atoms with Crippen molar-refractivity contribution >= 4 is 17.5 Å². The van der Waals surface area contributed by atoms with Gasteiger partial charge in [0.2, 0.25) is 0 Å². The second kappa shape index (κ2) is 8.99. The van der Waals surface area contributed by atoms with Gasteiger partial charge in [0.25, 0.3) is 5.91 Å². The molecule has 0 bridgehead atoms. The monoisotopic (exact) mass is 416 g/mol. The molecule has 28 heavy (non-hydrogen) atoms. The van der Waals surface area contributed by atoms with Gasteiger partial charge in [-0.1, -0.05) is 24.6 Å². The normalized spacial score (nSPS) is 30.1. The Hall–Kier alpha value is -2.01. The van der Waals surface area contributed by atoms with Crippen molar-refractivity contribution in [3.8, 4) is 0 Å². The van der Waals surface area contributed by atoms with Crippen molar-refractivity contribution in [1.29, 1.82) is 0 Å². The number of benzene rings is 1. The quantitative estimate of drug-likeness (QED) is 0.631. The zero-order valence-electron chi connectivity index (χ0n) is 25.0. The van der Waals surface area contributed by atoms with Crippen molar-refractivity contribution in [2.24, 2.45) is 0 Å². The standard InChI is InChI=1S/C22H25ClF2N2O/c1-2-16-5-7-18(26-15-16)4-3-9-22(25)10-12-27(13-11-22)21(28)17-6-8-20(24)19(23)14-17/h5-8,14-15H,2-4,9-13H2,1H3/i2D2,4D2,9D2,10D2,13D2. The minimum Gasteiger partial charge on any atom is -0.338 e. The van der Waals surface area contributed by atoms with Gasteiger partial charge in [0.1, 0.15) is 11.5 Å². The second-order valence-corrected chi connectivity index (χ2v) is 6.45. The Labute approximate surface area is 183 Å². The van der Waals surface area contributed by atoms with Gasteiger partial charge in [-0.05, 0) is 68.2 Å². The summed E-state index contributed by atoms with van der Waals surface area (Å²) in [5.41, 5.74) is -4.09. The van der Waals surface area contributed by atoms with E-state index in [1.165, 1.54) is 13.0 Å². The van der Waals surface area contributed by atoms with E-state index in [-0.39, 0.29) is 16.8 Å². The van der Waals surface area contributed by atoms with Crippen molar-refractivity contribution in [2.75, 3.05) is 13.0 Å². The lowest BCUT2D eigenvalue weighted by Crippen LogP contribution is -2.44. The minimum atomic E-state index is -3.59. The molecule has 0 aliphatic carbocycles. The van der Waals surface area contributed by atoms with Crippen molar-refractivity contribution < 1.29 is 27.3 Å². The first-order valence-corrected chi connectivity index (χ1v) is 8.85. The Morgan fingerprint density at radius 2 is 2.25 bits per heavy atom. The Morgan fingerprint density at radius 3 is 2.93 bits per heavy atom. The highest BCUT2D eigenvalue weighted by Crippen LogP contribution is 2.32. The highest BCUT2D eigenvalue weighted by molar-refractivity contribution is 6.31. The molecule has 0 saturated carbocycles. The number of halogens is 3. The number of piperidine rings is 1. The van der Waals surface area contributed by atoms with Gasteiger partial charge in [-0.25, -0.2) is 8.78 Å². The summed E-state index contributed by atoms with van der Waals surface area (Å²) in [6.07, 6.45) is -12.5. The van der Waals surface area contributed by atoms with Gasteiger partial charge >= 0.3 is 0 Å². The molecule has 1 unspecified atom stereocenters. The zero-order chi connectivity index (χ0) is 29.1. The van der Waals surface area contributed by atoms with E-state index in [4.69, 9.17) is 25.3 Å². The topological polar surface area (TPSA) is 33.2 Å². The Morgan fingerprint density at radius 1 is 1.43 bits per heavy atom. The lowest BCUT2D eigenvalue weighted by molar-refractivity contribution is 0.0389. The van der Waals surface area contributed by atoms with Crippen molar-refractivity contribution in [3.05, 3.63) is 64.2 Å². The predicted octanol–water partition coefficient (Wildman–Crippen LogP) is 5.40. The maximum atomic E-state index is 16.4. The maximum absolute atomic E-state index is 16.4. The van der Waals surface area contributed by atoms with E-state index in [0.717, 1.165) is 30.5 Å². The maximum Gasteiger partial charge on any atom is 0.253 e. The van der Waals surface area contributed by atoms with E-state index in [2.05, 4.69) is 4.98 Å². The molecule has 3 rings (SSSR count). The van der Waals surface area contributed by atoms with Gasteiger partial charge in [-0.3, -0.25) is 9.78 Å². The van der Waals surface area contributed by atoms with Gasteiger partial charge in [0.15, 0.2) is 0 Å². The summed E-state index contributed by atoms with van der Waals surface area (Å²) in [6.45, 7) is -2.86. The fraction of sp³-hybridized carbons (Fsp3) is 0.455. The van der Waals surface area contributed by atoms with Crippen LogP contribution in [0.25, 0.3) is 0 Å². The number of amides is 1. The third-order valence-electron chi connectivity index (χ3n) is 4.13. The van der Waals surface area contributed by atoms with Crippen LogP contribution in [0.5, 0.6) is 0 Å². The third kappa shape index (κ3) is 5.07. The molecule has 1 aromatic carbocycles. The van der Waals surface area contributed by atoms with Crippen LogP contribution in [0.4, 0.5) is 8.78 Å². The summed E-state index contributed by atoms with van der Waals surface area (Å²) in [5, 5.41) is -0.438. The van der Waals surface area contributed by atoms with Gasteiger partial charge < -0.3 is 4.90 Å². The molecule has 6 heteroatoms. The lowest BCUT2D eigenvalue weighted by Gasteiger charge is -2.36. The predicted molar refractivity (Wildman–Crippen MR) is 107 cm³/mol. The number of pyridine rings is 1. The fourth-order valence-corrected chi connectivity index (χ4v) is 2.68. The van der Waals surface area contributed by atoms with Crippen LogP contribution in [0.2, 0.25) is 5.02 Å². The van der Waals surface area contributed by atoms with E-state index >= 15 is 4.39 Å². The first-order valence-electron chi connectivity index (χ1n) is 13.5. The Balaban J connectivity index is 1.92. The van der Waals surface area contributed by atoms with Crippen LogP contribution in [-0.2, 0) is 12.7 Å². The molecule has 0 spiro atoms. The fourth-order valence-electron chi connectivity index (χ4n) is 2.50. The summed E-state index contributed by atoms with van der Waals surface area (Å²) < 4.78 is 112. The lowest BCUT2D eigenvalue weighted by atomic mass is 9.87. The smallest absolute Gasteiger partial charge is 0.253 e. The van der Waals surface area contributed by atoms with Crippen LogP contribution in [-0.4, -0.2) is 34.5 Å². The molecule has 1 fully saturated rings. The van der Waals surface area contributed by atoms with Crippen molar-refractivity contribution in [2.45, 2.75) is 50.9 Å². The number of carbonyl (C=O) groups is 1. The second-order valence-electron chi connectivity index (χ2n) is 6.05. The zero-order valence-corrected chi connectivity index (χ0v) is 15.8. The number of aromatic nitrogens is 1. The van der Waals surface area contributed by atoms with Gasteiger partial charge in [-0.15, -0.1) is 0 Å². The number of hydrogen-bond acceptors (Lipinski definition) is 2. The van der Waals surface area contributed by atoms with Crippen LogP contribution in [0.1, 0.15) is 67.8 Å². The minimum absolute atomic E-state index is 0.131. The molecule has 150 valence electrons. The van der Waals surface area contributed by atoms with Crippen LogP contribution in [0.15, 0.2) is 36.5 Å². The molecule has 1 aromatic heterocycles. The Bertz CT molecular complexity index is 1220. The molecule has 1 saturated heterocycles. The van der Waals surface area contributed by atoms with Gasteiger partial charge in [0, 0.05) is 44.2 Å². The summed E-state index contributed by atoms with van der Waals surface area (Å²) in [5.74, 6) is -1.96. The molecule has 3 nitrogen and oxygen atoms in total. The molecule has 1 aliphatic rings. The first kappa shape index (κ1) is 11.2. The summed E-state index contributed by atoms with van der Waals surface area (Å²) in [4.78, 5) is 17.2. The van der Waals surface area contributed by atoms with E-state index in [1.54, 1.807) is 0 Å². The summed E-state index contributed by atoms with van der Waals surface area (Å²) in [6, 6.07) is 5.16. The third-order valence-corrected chi connectivity index (χ3v) is 4.42. The molecular formula is C22H25ClF2N2O. The highest BCUT2D eigenvalue weighted by atomic mass is 35.5.